The monoisotopic (exact) mass is 273 g/mol. The molecule has 0 spiro atoms. The van der Waals surface area contributed by atoms with Crippen LogP contribution in [0.5, 0.6) is 0 Å². The molecule has 94 valence electrons. The Labute approximate surface area is 106 Å². The van der Waals surface area contributed by atoms with Crippen LogP contribution in [0.3, 0.4) is 0 Å². The van der Waals surface area contributed by atoms with Gasteiger partial charge in [-0.15, -0.1) is 0 Å². The highest BCUT2D eigenvalue weighted by atomic mass is 32.2. The molecule has 0 aromatic carbocycles. The van der Waals surface area contributed by atoms with Gasteiger partial charge >= 0.3 is 0 Å². The number of sulfonamides is 1. The van der Waals surface area contributed by atoms with E-state index >= 15 is 0 Å². The van der Waals surface area contributed by atoms with Gasteiger partial charge in [0.15, 0.2) is 0 Å². The number of thiocarbonyl (C=S) groups is 1. The van der Waals surface area contributed by atoms with Crippen LogP contribution in [0.15, 0.2) is 23.2 Å². The van der Waals surface area contributed by atoms with Crippen molar-refractivity contribution < 1.29 is 8.42 Å². The van der Waals surface area contributed by atoms with Gasteiger partial charge in [0.05, 0.1) is 0 Å². The second kappa shape index (κ2) is 5.52. The molecule has 0 saturated heterocycles. The zero-order chi connectivity index (χ0) is 13.1. The number of hydrogen-bond donors (Lipinski definition) is 2. The van der Waals surface area contributed by atoms with Gasteiger partial charge in [0.1, 0.15) is 15.6 Å². The van der Waals surface area contributed by atoms with Crippen molar-refractivity contribution in [1.82, 2.24) is 9.71 Å². The number of aromatic nitrogens is 1. The average Bonchev–Trinajstić information content (AvgIpc) is 2.28. The van der Waals surface area contributed by atoms with Crippen LogP contribution in [0.1, 0.15) is 26.0 Å². The molecule has 0 aliphatic heterocycles. The molecule has 1 unspecified atom stereocenters. The molecule has 17 heavy (non-hydrogen) atoms. The van der Waals surface area contributed by atoms with Crippen molar-refractivity contribution in [2.24, 2.45) is 5.73 Å². The Hall–Kier alpha value is -1.05. The van der Waals surface area contributed by atoms with Gasteiger partial charge < -0.3 is 5.73 Å². The molecule has 0 bridgehead atoms. The van der Waals surface area contributed by atoms with Gasteiger partial charge in [-0.05, 0) is 25.5 Å². The molecule has 0 aliphatic rings. The van der Waals surface area contributed by atoms with Crippen molar-refractivity contribution >= 4 is 27.2 Å². The summed E-state index contributed by atoms with van der Waals surface area (Å²) in [5.74, 6) is 0. The predicted octanol–water partition coefficient (Wildman–Crippen LogP) is 0.793. The summed E-state index contributed by atoms with van der Waals surface area (Å²) in [5, 5.41) is 0. The molecule has 1 atom stereocenters. The number of nitrogens with zero attached hydrogens (tertiary/aromatic N) is 1. The Bertz CT molecular complexity index is 514. The number of rotatable bonds is 5. The first kappa shape index (κ1) is 14.0. The van der Waals surface area contributed by atoms with E-state index < -0.39 is 10.0 Å². The van der Waals surface area contributed by atoms with E-state index in [1.54, 1.807) is 6.92 Å². The maximum atomic E-state index is 12.1. The van der Waals surface area contributed by atoms with E-state index in [2.05, 4.69) is 9.71 Å². The molecule has 0 radical (unpaired) electrons. The van der Waals surface area contributed by atoms with Crippen molar-refractivity contribution in [3.8, 4) is 0 Å². The van der Waals surface area contributed by atoms with Crippen LogP contribution in [-0.2, 0) is 10.0 Å². The SMILES string of the molecule is CCC(C)NS(=O)(=O)c1cccnc1C(N)=S. The highest BCUT2D eigenvalue weighted by molar-refractivity contribution is 7.89. The van der Waals surface area contributed by atoms with Crippen molar-refractivity contribution in [3.63, 3.8) is 0 Å². The Morgan fingerprint density at radius 2 is 2.29 bits per heavy atom. The molecule has 0 aliphatic carbocycles. The van der Waals surface area contributed by atoms with Crippen molar-refractivity contribution in [1.29, 1.82) is 0 Å². The average molecular weight is 273 g/mol. The van der Waals surface area contributed by atoms with Gasteiger partial charge in [0.25, 0.3) is 0 Å². The van der Waals surface area contributed by atoms with Gasteiger partial charge in [-0.3, -0.25) is 4.98 Å². The van der Waals surface area contributed by atoms with Gasteiger partial charge in [-0.25, -0.2) is 13.1 Å². The molecule has 1 aromatic heterocycles. The second-order valence-corrected chi connectivity index (χ2v) is 5.77. The molecule has 0 amide bonds. The zero-order valence-corrected chi connectivity index (χ0v) is 11.3. The highest BCUT2D eigenvalue weighted by Crippen LogP contribution is 2.13. The van der Waals surface area contributed by atoms with Gasteiger partial charge in [-0.1, -0.05) is 19.1 Å². The summed E-state index contributed by atoms with van der Waals surface area (Å²) in [7, 11) is -3.63. The predicted molar refractivity (Wildman–Crippen MR) is 70.2 cm³/mol. The summed E-state index contributed by atoms with van der Waals surface area (Å²) in [6, 6.07) is 2.82. The van der Waals surface area contributed by atoms with E-state index in [-0.39, 0.29) is 21.6 Å². The third-order valence-corrected chi connectivity index (χ3v) is 4.08. The number of hydrogen-bond acceptors (Lipinski definition) is 4. The van der Waals surface area contributed by atoms with E-state index in [4.69, 9.17) is 18.0 Å². The third-order valence-electron chi connectivity index (χ3n) is 2.26. The second-order valence-electron chi connectivity index (χ2n) is 3.64. The minimum Gasteiger partial charge on any atom is -0.388 e. The smallest absolute Gasteiger partial charge is 0.243 e. The summed E-state index contributed by atoms with van der Waals surface area (Å²) in [6.45, 7) is 3.68. The summed E-state index contributed by atoms with van der Waals surface area (Å²) in [6.07, 6.45) is 2.15. The van der Waals surface area contributed by atoms with Gasteiger partial charge in [0, 0.05) is 12.2 Å². The lowest BCUT2D eigenvalue weighted by Gasteiger charge is -2.13. The largest absolute Gasteiger partial charge is 0.388 e. The fourth-order valence-corrected chi connectivity index (χ4v) is 2.93. The van der Waals surface area contributed by atoms with E-state index in [9.17, 15) is 8.42 Å². The van der Waals surface area contributed by atoms with Crippen molar-refractivity contribution in [2.75, 3.05) is 0 Å². The first-order chi connectivity index (χ1) is 7.88. The van der Waals surface area contributed by atoms with Crippen LogP contribution in [0.25, 0.3) is 0 Å². The highest BCUT2D eigenvalue weighted by Gasteiger charge is 2.21. The van der Waals surface area contributed by atoms with E-state index in [0.717, 1.165) is 0 Å². The fourth-order valence-electron chi connectivity index (χ4n) is 1.20. The maximum absolute atomic E-state index is 12.1. The number of nitrogens with one attached hydrogen (secondary N) is 1. The van der Waals surface area contributed by atoms with Crippen molar-refractivity contribution in [2.45, 2.75) is 31.2 Å². The topological polar surface area (TPSA) is 85.1 Å². The van der Waals surface area contributed by atoms with Gasteiger partial charge in [-0.2, -0.15) is 0 Å². The summed E-state index contributed by atoms with van der Waals surface area (Å²) >= 11 is 4.78. The standard InChI is InChI=1S/C10H15N3O2S2/c1-3-7(2)13-17(14,15)8-5-4-6-12-9(8)10(11)16/h4-7,13H,3H2,1-2H3,(H2,11,16). The van der Waals surface area contributed by atoms with Crippen LogP contribution in [0, 0.1) is 0 Å². The molecular weight excluding hydrogens is 258 g/mol. The first-order valence-corrected chi connectivity index (χ1v) is 7.04. The Kier molecular flexibility index (Phi) is 4.55. The fraction of sp³-hybridized carbons (Fsp3) is 0.400. The minimum atomic E-state index is -3.63. The Morgan fingerprint density at radius 1 is 1.65 bits per heavy atom. The first-order valence-electron chi connectivity index (χ1n) is 5.15. The molecule has 5 nitrogen and oxygen atoms in total. The summed E-state index contributed by atoms with van der Waals surface area (Å²) in [4.78, 5) is 3.88. The van der Waals surface area contributed by atoms with Crippen LogP contribution < -0.4 is 10.5 Å². The molecule has 3 N–H and O–H groups in total. The lowest BCUT2D eigenvalue weighted by Crippen LogP contribution is -2.33. The van der Waals surface area contributed by atoms with E-state index in [1.165, 1.54) is 18.3 Å². The normalized spacial score (nSPS) is 13.3. The molecular formula is C10H15N3O2S2. The third kappa shape index (κ3) is 3.45. The Morgan fingerprint density at radius 3 is 2.82 bits per heavy atom. The van der Waals surface area contributed by atoms with Crippen LogP contribution in [-0.4, -0.2) is 24.4 Å². The van der Waals surface area contributed by atoms with Crippen molar-refractivity contribution in [3.05, 3.63) is 24.0 Å². The molecule has 0 fully saturated rings. The number of nitrogens with two attached hydrogens (primary N) is 1. The quantitative estimate of drug-likeness (QED) is 0.775. The Balaban J connectivity index is 3.20. The summed E-state index contributed by atoms with van der Waals surface area (Å²) in [5.41, 5.74) is 5.57. The molecule has 7 heteroatoms. The lowest BCUT2D eigenvalue weighted by atomic mass is 10.3. The molecule has 1 aromatic rings. The van der Waals surface area contributed by atoms with Crippen LogP contribution in [0.4, 0.5) is 0 Å². The zero-order valence-electron chi connectivity index (χ0n) is 9.67. The van der Waals surface area contributed by atoms with Crippen LogP contribution in [0.2, 0.25) is 0 Å². The van der Waals surface area contributed by atoms with E-state index in [1.807, 2.05) is 6.92 Å². The molecule has 0 saturated carbocycles. The summed E-state index contributed by atoms with van der Waals surface area (Å²) < 4.78 is 26.7. The lowest BCUT2D eigenvalue weighted by molar-refractivity contribution is 0.555. The number of pyridine rings is 1. The molecule has 1 heterocycles. The maximum Gasteiger partial charge on any atom is 0.243 e. The van der Waals surface area contributed by atoms with E-state index in [0.29, 0.717) is 6.42 Å². The minimum absolute atomic E-state index is 0.0211. The molecule has 1 rings (SSSR count). The van der Waals surface area contributed by atoms with Crippen LogP contribution >= 0.6 is 12.2 Å². The van der Waals surface area contributed by atoms with Gasteiger partial charge in [0.2, 0.25) is 10.0 Å².